The van der Waals surface area contributed by atoms with Crippen molar-refractivity contribution in [2.45, 2.75) is 56.8 Å². The van der Waals surface area contributed by atoms with Gasteiger partial charge in [-0.05, 0) is 25.2 Å². The molecule has 2 fully saturated rings. The van der Waals surface area contributed by atoms with Crippen molar-refractivity contribution in [3.8, 4) is 0 Å². The summed E-state index contributed by atoms with van der Waals surface area (Å²) in [5, 5.41) is 18.9. The largest absolute Gasteiger partial charge is 0.396 e. The van der Waals surface area contributed by atoms with Crippen LogP contribution in [0.25, 0.3) is 0 Å². The Kier molecular flexibility index (Phi) is 6.92. The van der Waals surface area contributed by atoms with E-state index >= 15 is 0 Å². The van der Waals surface area contributed by atoms with Gasteiger partial charge in [-0.2, -0.15) is 0 Å². The van der Waals surface area contributed by atoms with E-state index in [1.165, 1.54) is 32.1 Å². The highest BCUT2D eigenvalue weighted by Crippen LogP contribution is 2.31. The molecule has 1 aliphatic carbocycles. The summed E-state index contributed by atoms with van der Waals surface area (Å²) in [6.07, 6.45) is 10.5. The van der Waals surface area contributed by atoms with E-state index in [2.05, 4.69) is 15.5 Å². The van der Waals surface area contributed by atoms with Crippen molar-refractivity contribution in [3.05, 3.63) is 12.2 Å². The monoisotopic (exact) mass is 302 g/mol. The molecule has 2 aliphatic rings. The van der Waals surface area contributed by atoms with Gasteiger partial charge in [0.2, 0.25) is 0 Å². The maximum atomic E-state index is 9.86. The third kappa shape index (κ3) is 4.25. The van der Waals surface area contributed by atoms with Gasteiger partial charge in [0, 0.05) is 22.0 Å². The molecule has 116 valence electrons. The smallest absolute Gasteiger partial charge is 0.0830 e. The quantitative estimate of drug-likeness (QED) is 0.582. The molecular weight excluding hydrogens is 275 g/mol. The Hall–Kier alpha value is 0.0100. The molecule has 5 atom stereocenters. The SMILES string of the molecule is OCCC1C(O)COC1/C=C/C(OP)C1CCCCC1. The number of aliphatic hydroxyl groups is 2. The first-order valence-electron chi connectivity index (χ1n) is 7.70. The highest BCUT2D eigenvalue weighted by atomic mass is 31.0. The van der Waals surface area contributed by atoms with E-state index in [9.17, 15) is 5.11 Å². The molecular formula is C15H27O4P. The van der Waals surface area contributed by atoms with E-state index in [1.54, 1.807) is 0 Å². The minimum absolute atomic E-state index is 0.00670. The van der Waals surface area contributed by atoms with E-state index in [0.29, 0.717) is 18.9 Å². The molecule has 4 nitrogen and oxygen atoms in total. The van der Waals surface area contributed by atoms with Gasteiger partial charge in [0.25, 0.3) is 0 Å². The summed E-state index contributed by atoms with van der Waals surface area (Å²) in [6.45, 7) is 0.442. The predicted octanol–water partition coefficient (Wildman–Crippen LogP) is 2.06. The van der Waals surface area contributed by atoms with Crippen LogP contribution >= 0.6 is 9.47 Å². The molecule has 2 N–H and O–H groups in total. The van der Waals surface area contributed by atoms with Crippen molar-refractivity contribution >= 4 is 9.47 Å². The number of hydrogen-bond acceptors (Lipinski definition) is 4. The molecule has 0 aromatic heterocycles. The second-order valence-electron chi connectivity index (χ2n) is 5.93. The van der Waals surface area contributed by atoms with Crippen molar-refractivity contribution in [3.63, 3.8) is 0 Å². The zero-order chi connectivity index (χ0) is 14.4. The van der Waals surface area contributed by atoms with Crippen molar-refractivity contribution in [1.29, 1.82) is 0 Å². The Morgan fingerprint density at radius 1 is 1.30 bits per heavy atom. The number of rotatable bonds is 6. The van der Waals surface area contributed by atoms with Gasteiger partial charge in [-0.1, -0.05) is 31.4 Å². The van der Waals surface area contributed by atoms with Crippen molar-refractivity contribution in [2.24, 2.45) is 11.8 Å². The molecule has 0 aromatic rings. The first kappa shape index (κ1) is 16.4. The lowest BCUT2D eigenvalue weighted by atomic mass is 9.85. The third-order valence-corrected chi connectivity index (χ3v) is 4.91. The average Bonchev–Trinajstić information content (AvgIpc) is 2.82. The fraction of sp³-hybridized carbons (Fsp3) is 0.867. The molecule has 1 heterocycles. The number of hydrogen-bond donors (Lipinski definition) is 2. The molecule has 0 bridgehead atoms. The van der Waals surface area contributed by atoms with Crippen LogP contribution in [-0.2, 0) is 9.26 Å². The highest BCUT2D eigenvalue weighted by Gasteiger charge is 2.34. The van der Waals surface area contributed by atoms with Crippen LogP contribution in [0.1, 0.15) is 38.5 Å². The lowest BCUT2D eigenvalue weighted by Gasteiger charge is -2.27. The second kappa shape index (κ2) is 8.45. The summed E-state index contributed by atoms with van der Waals surface area (Å²) >= 11 is 0. The summed E-state index contributed by atoms with van der Waals surface area (Å²) < 4.78 is 11.1. The Balaban J connectivity index is 1.91. The number of ether oxygens (including phenoxy) is 1. The first-order valence-corrected chi connectivity index (χ1v) is 8.17. The van der Waals surface area contributed by atoms with Crippen LogP contribution < -0.4 is 0 Å². The van der Waals surface area contributed by atoms with Crippen LogP contribution in [-0.4, -0.2) is 41.7 Å². The summed E-state index contributed by atoms with van der Waals surface area (Å²) in [5.41, 5.74) is 0. The fourth-order valence-electron chi connectivity index (χ4n) is 3.38. The minimum Gasteiger partial charge on any atom is -0.396 e. The van der Waals surface area contributed by atoms with Crippen LogP contribution in [0.15, 0.2) is 12.2 Å². The lowest BCUT2D eigenvalue weighted by Crippen LogP contribution is -2.25. The Morgan fingerprint density at radius 2 is 2.05 bits per heavy atom. The summed E-state index contributed by atoms with van der Waals surface area (Å²) in [6, 6.07) is 0. The zero-order valence-corrected chi connectivity index (χ0v) is 13.1. The topological polar surface area (TPSA) is 58.9 Å². The van der Waals surface area contributed by atoms with Crippen molar-refractivity contribution < 1.29 is 19.5 Å². The highest BCUT2D eigenvalue weighted by molar-refractivity contribution is 7.09. The maximum Gasteiger partial charge on any atom is 0.0830 e. The summed E-state index contributed by atoms with van der Waals surface area (Å²) in [5.74, 6) is 0.577. The van der Waals surface area contributed by atoms with E-state index in [0.717, 1.165) is 0 Å². The Bertz CT molecular complexity index is 300. The molecule has 1 saturated heterocycles. The van der Waals surface area contributed by atoms with Gasteiger partial charge in [-0.3, -0.25) is 0 Å². The molecule has 0 amide bonds. The van der Waals surface area contributed by atoms with E-state index in [4.69, 9.17) is 14.4 Å². The maximum absolute atomic E-state index is 9.86. The van der Waals surface area contributed by atoms with Crippen molar-refractivity contribution in [1.82, 2.24) is 0 Å². The van der Waals surface area contributed by atoms with Crippen LogP contribution in [0.5, 0.6) is 0 Å². The Labute approximate surface area is 123 Å². The van der Waals surface area contributed by atoms with Gasteiger partial charge in [0.15, 0.2) is 0 Å². The second-order valence-corrected chi connectivity index (χ2v) is 6.20. The van der Waals surface area contributed by atoms with Gasteiger partial charge in [0.05, 0.1) is 24.9 Å². The van der Waals surface area contributed by atoms with Crippen LogP contribution in [0.3, 0.4) is 0 Å². The fourth-order valence-corrected chi connectivity index (χ4v) is 3.69. The Morgan fingerprint density at radius 3 is 2.70 bits per heavy atom. The lowest BCUT2D eigenvalue weighted by molar-refractivity contribution is 0.106. The molecule has 0 spiro atoms. The van der Waals surface area contributed by atoms with Crippen molar-refractivity contribution in [2.75, 3.05) is 13.2 Å². The normalized spacial score (nSPS) is 33.9. The molecule has 0 radical (unpaired) electrons. The molecule has 1 saturated carbocycles. The van der Waals surface area contributed by atoms with Gasteiger partial charge in [-0.25, -0.2) is 0 Å². The van der Waals surface area contributed by atoms with Crippen LogP contribution in [0.4, 0.5) is 0 Å². The van der Waals surface area contributed by atoms with Gasteiger partial charge >= 0.3 is 0 Å². The zero-order valence-electron chi connectivity index (χ0n) is 12.0. The van der Waals surface area contributed by atoms with E-state index in [1.807, 2.05) is 6.08 Å². The van der Waals surface area contributed by atoms with E-state index in [-0.39, 0.29) is 24.7 Å². The summed E-state index contributed by atoms with van der Waals surface area (Å²) in [4.78, 5) is 0. The van der Waals surface area contributed by atoms with Gasteiger partial charge in [-0.15, -0.1) is 0 Å². The molecule has 1 aliphatic heterocycles. The minimum atomic E-state index is -0.471. The van der Waals surface area contributed by atoms with Crippen LogP contribution in [0.2, 0.25) is 0 Å². The standard InChI is InChI=1S/C15H27O4P/c16-9-8-12-13(17)10-18-15(12)7-6-14(19-20)11-4-2-1-3-5-11/h6-7,11-17H,1-5,8-10,20H2/b7-6+. The predicted molar refractivity (Wildman–Crippen MR) is 81.2 cm³/mol. The van der Waals surface area contributed by atoms with Gasteiger partial charge in [0.1, 0.15) is 0 Å². The molecule has 5 unspecified atom stereocenters. The van der Waals surface area contributed by atoms with Gasteiger partial charge < -0.3 is 19.5 Å². The molecule has 2 rings (SSSR count). The first-order chi connectivity index (χ1) is 9.76. The van der Waals surface area contributed by atoms with E-state index < -0.39 is 6.10 Å². The molecule has 20 heavy (non-hydrogen) atoms. The molecule has 5 heteroatoms. The third-order valence-electron chi connectivity index (χ3n) is 4.60. The number of aliphatic hydroxyl groups excluding tert-OH is 2. The average molecular weight is 302 g/mol. The summed E-state index contributed by atoms with van der Waals surface area (Å²) in [7, 11) is 2.37. The van der Waals surface area contributed by atoms with Crippen LogP contribution in [0, 0.1) is 11.8 Å². The molecule has 0 aromatic carbocycles.